The number of hydrogen-bond donors (Lipinski definition) is 2. The van der Waals surface area contributed by atoms with E-state index in [0.29, 0.717) is 42.0 Å². The molecule has 1 aliphatic rings. The van der Waals surface area contributed by atoms with Gasteiger partial charge in [0.1, 0.15) is 12.0 Å². The van der Waals surface area contributed by atoms with Gasteiger partial charge in [-0.25, -0.2) is 9.97 Å². The first-order valence-electron chi connectivity index (χ1n) is 8.63. The number of benzene rings is 1. The van der Waals surface area contributed by atoms with Gasteiger partial charge in [0.05, 0.1) is 12.5 Å². The summed E-state index contributed by atoms with van der Waals surface area (Å²) < 4.78 is 5.11. The van der Waals surface area contributed by atoms with E-state index in [1.807, 2.05) is 19.1 Å². The van der Waals surface area contributed by atoms with E-state index in [-0.39, 0.29) is 11.9 Å². The van der Waals surface area contributed by atoms with Crippen LogP contribution in [-0.4, -0.2) is 35.6 Å². The summed E-state index contributed by atoms with van der Waals surface area (Å²) in [7, 11) is 0. The fourth-order valence-electron chi connectivity index (χ4n) is 2.99. The highest BCUT2D eigenvalue weighted by atomic mass is 35.5. The van der Waals surface area contributed by atoms with E-state index in [1.165, 1.54) is 6.33 Å². The van der Waals surface area contributed by atoms with Gasteiger partial charge in [-0.15, -0.1) is 0 Å². The Labute approximate surface area is 157 Å². The molecule has 1 fully saturated rings. The third-order valence-corrected chi connectivity index (χ3v) is 4.64. The molecule has 1 aromatic carbocycles. The molecule has 0 atom stereocenters. The van der Waals surface area contributed by atoms with E-state index in [9.17, 15) is 4.79 Å². The van der Waals surface area contributed by atoms with Crippen LogP contribution in [0.1, 0.15) is 19.8 Å². The van der Waals surface area contributed by atoms with Crippen LogP contribution in [0.5, 0.6) is 0 Å². The minimum Gasteiger partial charge on any atom is -0.466 e. The van der Waals surface area contributed by atoms with Crippen molar-refractivity contribution in [1.82, 2.24) is 9.97 Å². The van der Waals surface area contributed by atoms with Gasteiger partial charge in [-0.1, -0.05) is 11.6 Å². The molecule has 2 heterocycles. The molecule has 138 valence electrons. The molecule has 0 spiro atoms. The normalized spacial score (nSPS) is 14.9. The molecular weight excluding hydrogens is 354 g/mol. The number of nitrogens with two attached hydrogens (primary N) is 1. The molecule has 0 saturated carbocycles. The highest BCUT2D eigenvalue weighted by Crippen LogP contribution is 2.31. The van der Waals surface area contributed by atoms with E-state index in [4.69, 9.17) is 22.1 Å². The number of anilines is 4. The largest absolute Gasteiger partial charge is 0.466 e. The van der Waals surface area contributed by atoms with E-state index < -0.39 is 0 Å². The lowest BCUT2D eigenvalue weighted by atomic mass is 9.97. The molecule has 3 N–H and O–H groups in total. The van der Waals surface area contributed by atoms with Crippen LogP contribution < -0.4 is 16.0 Å². The number of nitrogens with one attached hydrogen (secondary N) is 1. The number of piperidine rings is 1. The third-order valence-electron chi connectivity index (χ3n) is 4.38. The molecule has 1 aromatic heterocycles. The van der Waals surface area contributed by atoms with Crippen molar-refractivity contribution < 1.29 is 9.53 Å². The molecule has 7 nitrogen and oxygen atoms in total. The standard InChI is InChI=1S/C18H22ClN5O2/c1-2-26-18(25)12-7-9-24(10-8-12)17-15(20)16(21-11-22-17)23-14-5-3-13(19)4-6-14/h3-6,11-12H,2,7-10,20H2,1H3,(H,21,22,23). The van der Waals surface area contributed by atoms with Gasteiger partial charge >= 0.3 is 5.97 Å². The van der Waals surface area contributed by atoms with Gasteiger partial charge in [0.15, 0.2) is 11.6 Å². The first-order chi connectivity index (χ1) is 12.6. The average molecular weight is 376 g/mol. The van der Waals surface area contributed by atoms with Gasteiger partial charge in [-0.05, 0) is 44.0 Å². The van der Waals surface area contributed by atoms with Gasteiger partial charge in [-0.2, -0.15) is 0 Å². The number of nitrogen functional groups attached to an aromatic ring is 1. The SMILES string of the molecule is CCOC(=O)C1CCN(c2ncnc(Nc3ccc(Cl)cc3)c2N)CC1. The molecule has 26 heavy (non-hydrogen) atoms. The van der Waals surface area contributed by atoms with Crippen LogP contribution in [0.2, 0.25) is 5.02 Å². The number of rotatable bonds is 5. The maximum absolute atomic E-state index is 11.9. The van der Waals surface area contributed by atoms with E-state index >= 15 is 0 Å². The summed E-state index contributed by atoms with van der Waals surface area (Å²) in [4.78, 5) is 22.5. The molecule has 1 saturated heterocycles. The second-order valence-corrected chi connectivity index (χ2v) is 6.54. The first-order valence-corrected chi connectivity index (χ1v) is 9.01. The van der Waals surface area contributed by atoms with Crippen molar-refractivity contribution in [1.29, 1.82) is 0 Å². The number of carbonyl (C=O) groups excluding carboxylic acids is 1. The van der Waals surface area contributed by atoms with Gasteiger partial charge in [-0.3, -0.25) is 4.79 Å². The Hall–Kier alpha value is -2.54. The Morgan fingerprint density at radius 1 is 1.31 bits per heavy atom. The average Bonchev–Trinajstić information content (AvgIpc) is 2.66. The molecule has 0 bridgehead atoms. The summed E-state index contributed by atoms with van der Waals surface area (Å²) in [5, 5.41) is 3.85. The Morgan fingerprint density at radius 2 is 2.00 bits per heavy atom. The zero-order chi connectivity index (χ0) is 18.5. The highest BCUT2D eigenvalue weighted by molar-refractivity contribution is 6.30. The number of hydrogen-bond acceptors (Lipinski definition) is 7. The second-order valence-electron chi connectivity index (χ2n) is 6.10. The summed E-state index contributed by atoms with van der Waals surface area (Å²) in [5.74, 6) is 1.05. The Morgan fingerprint density at radius 3 is 2.65 bits per heavy atom. The first kappa shape index (κ1) is 18.3. The number of nitrogens with zero attached hydrogens (tertiary/aromatic N) is 3. The van der Waals surface area contributed by atoms with Crippen molar-refractivity contribution in [2.75, 3.05) is 35.6 Å². The summed E-state index contributed by atoms with van der Waals surface area (Å²) >= 11 is 5.91. The summed E-state index contributed by atoms with van der Waals surface area (Å²) in [5.41, 5.74) is 7.61. The van der Waals surface area contributed by atoms with Crippen LogP contribution in [0.15, 0.2) is 30.6 Å². The Kier molecular flexibility index (Phi) is 5.78. The van der Waals surface area contributed by atoms with Crippen molar-refractivity contribution in [2.45, 2.75) is 19.8 Å². The molecule has 0 amide bonds. The van der Waals surface area contributed by atoms with E-state index in [2.05, 4.69) is 20.2 Å². The monoisotopic (exact) mass is 375 g/mol. The number of aromatic nitrogens is 2. The lowest BCUT2D eigenvalue weighted by molar-refractivity contribution is -0.148. The minimum atomic E-state index is -0.118. The topological polar surface area (TPSA) is 93.4 Å². The highest BCUT2D eigenvalue weighted by Gasteiger charge is 2.27. The van der Waals surface area contributed by atoms with Crippen molar-refractivity contribution in [3.05, 3.63) is 35.6 Å². The fourth-order valence-corrected chi connectivity index (χ4v) is 3.12. The molecule has 0 radical (unpaired) electrons. The van der Waals surface area contributed by atoms with Crippen LogP contribution in [-0.2, 0) is 9.53 Å². The van der Waals surface area contributed by atoms with Crippen molar-refractivity contribution in [3.63, 3.8) is 0 Å². The van der Waals surface area contributed by atoms with Crippen LogP contribution in [0.4, 0.5) is 23.0 Å². The Balaban J connectivity index is 1.70. The summed E-state index contributed by atoms with van der Waals surface area (Å²) in [6.07, 6.45) is 2.94. The minimum absolute atomic E-state index is 0.0547. The maximum atomic E-state index is 11.9. The maximum Gasteiger partial charge on any atom is 0.309 e. The molecule has 0 unspecified atom stereocenters. The lowest BCUT2D eigenvalue weighted by Crippen LogP contribution is -2.37. The summed E-state index contributed by atoms with van der Waals surface area (Å²) in [6.45, 7) is 3.64. The smallest absolute Gasteiger partial charge is 0.309 e. The second kappa shape index (κ2) is 8.23. The Bertz CT molecular complexity index is 761. The molecular formula is C18H22ClN5O2. The fraction of sp³-hybridized carbons (Fsp3) is 0.389. The predicted octanol–water partition coefficient (Wildman–Crippen LogP) is 3.24. The molecule has 3 rings (SSSR count). The zero-order valence-corrected chi connectivity index (χ0v) is 15.4. The van der Waals surface area contributed by atoms with Crippen molar-refractivity contribution >= 4 is 40.6 Å². The van der Waals surface area contributed by atoms with Crippen LogP contribution >= 0.6 is 11.6 Å². The number of carbonyl (C=O) groups is 1. The van der Waals surface area contributed by atoms with E-state index in [0.717, 1.165) is 18.5 Å². The molecule has 8 heteroatoms. The van der Waals surface area contributed by atoms with Gasteiger partial charge in [0.25, 0.3) is 0 Å². The number of halogens is 1. The quantitative estimate of drug-likeness (QED) is 0.775. The van der Waals surface area contributed by atoms with E-state index in [1.54, 1.807) is 12.1 Å². The molecule has 0 aliphatic carbocycles. The van der Waals surface area contributed by atoms with Gasteiger partial charge < -0.3 is 20.7 Å². The zero-order valence-electron chi connectivity index (χ0n) is 14.6. The lowest BCUT2D eigenvalue weighted by Gasteiger charge is -2.32. The van der Waals surface area contributed by atoms with Gasteiger partial charge in [0, 0.05) is 23.8 Å². The number of esters is 1. The van der Waals surface area contributed by atoms with Crippen molar-refractivity contribution in [2.24, 2.45) is 5.92 Å². The van der Waals surface area contributed by atoms with Gasteiger partial charge in [0.2, 0.25) is 0 Å². The van der Waals surface area contributed by atoms with Crippen LogP contribution in [0, 0.1) is 5.92 Å². The van der Waals surface area contributed by atoms with Crippen LogP contribution in [0.25, 0.3) is 0 Å². The van der Waals surface area contributed by atoms with Crippen LogP contribution in [0.3, 0.4) is 0 Å². The molecule has 1 aliphatic heterocycles. The predicted molar refractivity (Wildman–Crippen MR) is 103 cm³/mol. The van der Waals surface area contributed by atoms with Crippen molar-refractivity contribution in [3.8, 4) is 0 Å². The number of ether oxygens (including phenoxy) is 1. The molecule has 2 aromatic rings. The summed E-state index contributed by atoms with van der Waals surface area (Å²) in [6, 6.07) is 7.30. The third kappa shape index (κ3) is 4.16.